The molecule has 4 rings (SSSR count). The number of amides is 3. The van der Waals surface area contributed by atoms with Crippen molar-refractivity contribution in [2.24, 2.45) is 5.10 Å². The third-order valence-electron chi connectivity index (χ3n) is 7.17. The van der Waals surface area contributed by atoms with Gasteiger partial charge in [0.25, 0.3) is 5.91 Å². The summed E-state index contributed by atoms with van der Waals surface area (Å²) in [6, 6.07) is 12.3. The van der Waals surface area contributed by atoms with Crippen molar-refractivity contribution >= 4 is 47.3 Å². The molecular weight excluding hydrogens is 675 g/mol. The van der Waals surface area contributed by atoms with Gasteiger partial charge in [0.15, 0.2) is 29.6 Å². The van der Waals surface area contributed by atoms with Gasteiger partial charge < -0.3 is 34.3 Å². The van der Waals surface area contributed by atoms with Crippen molar-refractivity contribution in [2.75, 3.05) is 27.4 Å². The van der Waals surface area contributed by atoms with Crippen LogP contribution in [-0.4, -0.2) is 51.6 Å². The van der Waals surface area contributed by atoms with Crippen molar-refractivity contribution in [3.63, 3.8) is 0 Å². The Morgan fingerprint density at radius 3 is 2.47 bits per heavy atom. The average Bonchev–Trinajstić information content (AvgIpc) is 3.07. The summed E-state index contributed by atoms with van der Waals surface area (Å²) in [5.41, 5.74) is 5.81. The van der Waals surface area contributed by atoms with Crippen molar-refractivity contribution < 1.29 is 38.1 Å². The van der Waals surface area contributed by atoms with Crippen molar-refractivity contribution in [2.45, 2.75) is 32.9 Å². The molecule has 3 amide bonds. The van der Waals surface area contributed by atoms with Gasteiger partial charge in [-0.3, -0.25) is 4.79 Å². The number of allylic oxidation sites excluding steroid dienone is 2. The maximum atomic E-state index is 12.7. The quantitative estimate of drug-likeness (QED) is 0.0750. The number of nitrogens with zero attached hydrogens (tertiary/aromatic N) is 1. The van der Waals surface area contributed by atoms with Crippen LogP contribution in [0.2, 0.25) is 10.0 Å². The van der Waals surface area contributed by atoms with E-state index in [4.69, 9.17) is 46.9 Å². The zero-order chi connectivity index (χ0) is 35.5. The predicted octanol–water partition coefficient (Wildman–Crippen LogP) is 6.04. The van der Waals surface area contributed by atoms with Crippen LogP contribution in [0.3, 0.4) is 0 Å². The van der Waals surface area contributed by atoms with E-state index in [2.05, 4.69) is 27.7 Å². The number of rotatable bonds is 15. The van der Waals surface area contributed by atoms with Gasteiger partial charge in [-0.25, -0.2) is 15.0 Å². The summed E-state index contributed by atoms with van der Waals surface area (Å²) in [4.78, 5) is 37.5. The van der Waals surface area contributed by atoms with E-state index in [0.717, 1.165) is 11.1 Å². The predicted molar refractivity (Wildman–Crippen MR) is 186 cm³/mol. The van der Waals surface area contributed by atoms with E-state index in [1.165, 1.54) is 20.4 Å². The van der Waals surface area contributed by atoms with Crippen molar-refractivity contribution in [1.29, 1.82) is 0 Å². The van der Waals surface area contributed by atoms with Gasteiger partial charge in [-0.15, -0.1) is 6.58 Å². The van der Waals surface area contributed by atoms with Gasteiger partial charge in [0.2, 0.25) is 0 Å². The van der Waals surface area contributed by atoms with Crippen LogP contribution in [-0.2, 0) is 27.4 Å². The minimum absolute atomic E-state index is 0.173. The molecule has 1 heterocycles. The summed E-state index contributed by atoms with van der Waals surface area (Å²) in [7, 11) is 2.96. The Hall–Kier alpha value is -5.20. The molecule has 0 fully saturated rings. The average molecular weight is 712 g/mol. The van der Waals surface area contributed by atoms with E-state index in [9.17, 15) is 14.4 Å². The van der Waals surface area contributed by atoms with E-state index >= 15 is 0 Å². The monoisotopic (exact) mass is 710 g/mol. The Morgan fingerprint density at radius 2 is 1.78 bits per heavy atom. The molecule has 0 saturated carbocycles. The number of methoxy groups -OCH3 is 2. The first-order valence-electron chi connectivity index (χ1n) is 15.0. The van der Waals surface area contributed by atoms with E-state index < -0.39 is 23.9 Å². The lowest BCUT2D eigenvalue weighted by Gasteiger charge is -2.28. The Labute approximate surface area is 294 Å². The standard InChI is InChI=1S/C35H36Cl2N4O8/c1-6-8-23-13-21(14-29(46-5)33(23)49-18-24-9-11-25(36)16-26(24)37)17-38-41-30(42)19-48-27-12-10-22(15-28(27)45-4)32-31(34(43)47-7-2)20(3)39-35(44)40-32/h6,9-17,32H,1,7-8,18-19H2,2-5H3,(H,41,42)(H2,39,40,44)/b38-17-/t32-/m1/s1. The number of hydrazone groups is 1. The molecule has 14 heteroatoms. The van der Waals surface area contributed by atoms with Gasteiger partial charge in [-0.1, -0.05) is 41.4 Å². The van der Waals surface area contributed by atoms with Gasteiger partial charge in [-0.2, -0.15) is 5.10 Å². The topological polar surface area (TPSA) is 146 Å². The van der Waals surface area contributed by atoms with Crippen molar-refractivity contribution in [3.8, 4) is 23.0 Å². The number of benzene rings is 3. The molecule has 12 nitrogen and oxygen atoms in total. The molecule has 1 atom stereocenters. The minimum Gasteiger partial charge on any atom is -0.493 e. The highest BCUT2D eigenvalue weighted by atomic mass is 35.5. The van der Waals surface area contributed by atoms with Crippen LogP contribution < -0.4 is 35.0 Å². The summed E-state index contributed by atoms with van der Waals surface area (Å²) >= 11 is 12.3. The third kappa shape index (κ3) is 9.46. The maximum Gasteiger partial charge on any atom is 0.338 e. The molecule has 49 heavy (non-hydrogen) atoms. The lowest BCUT2D eigenvalue weighted by Crippen LogP contribution is -2.45. The van der Waals surface area contributed by atoms with Crippen molar-refractivity contribution in [3.05, 3.63) is 105 Å². The molecule has 0 radical (unpaired) electrons. The summed E-state index contributed by atoms with van der Waals surface area (Å²) in [5.74, 6) is 0.430. The van der Waals surface area contributed by atoms with Gasteiger partial charge in [-0.05, 0) is 67.8 Å². The second-order valence-electron chi connectivity index (χ2n) is 10.5. The SMILES string of the molecule is C=CCc1cc(/C=N\NC(=O)COc2ccc([C@H]3NC(=O)NC(C)=C3C(=O)OCC)cc2OC)cc(OC)c1OCc1ccc(Cl)cc1Cl. The molecule has 0 saturated heterocycles. The van der Waals surface area contributed by atoms with E-state index in [1.54, 1.807) is 62.4 Å². The lowest BCUT2D eigenvalue weighted by atomic mass is 9.95. The minimum atomic E-state index is -0.790. The second-order valence-corrected chi connectivity index (χ2v) is 11.4. The largest absolute Gasteiger partial charge is 0.493 e. The maximum absolute atomic E-state index is 12.7. The van der Waals surface area contributed by atoms with Gasteiger partial charge in [0.1, 0.15) is 6.61 Å². The molecule has 0 aliphatic carbocycles. The molecule has 0 bridgehead atoms. The normalized spacial score (nSPS) is 14.1. The molecule has 3 N–H and O–H groups in total. The van der Waals surface area contributed by atoms with Crippen LogP contribution >= 0.6 is 23.2 Å². The highest BCUT2D eigenvalue weighted by Crippen LogP contribution is 2.36. The number of carbonyl (C=O) groups excluding carboxylic acids is 3. The highest BCUT2D eigenvalue weighted by Gasteiger charge is 2.32. The first kappa shape index (κ1) is 36.6. The second kappa shape index (κ2) is 17.3. The number of hydrogen-bond donors (Lipinski definition) is 3. The van der Waals surface area contributed by atoms with Crippen LogP contribution in [0, 0.1) is 0 Å². The van der Waals surface area contributed by atoms with Crippen LogP contribution in [0.1, 0.15) is 42.1 Å². The number of nitrogens with one attached hydrogen (secondary N) is 3. The van der Waals surface area contributed by atoms with E-state index in [1.807, 2.05) is 6.07 Å². The zero-order valence-corrected chi connectivity index (χ0v) is 28.9. The van der Waals surface area contributed by atoms with Gasteiger partial charge >= 0.3 is 12.0 Å². The van der Waals surface area contributed by atoms with Crippen LogP contribution in [0.5, 0.6) is 23.0 Å². The number of urea groups is 1. The van der Waals surface area contributed by atoms with E-state index in [-0.39, 0.29) is 36.9 Å². The van der Waals surface area contributed by atoms with Crippen LogP contribution in [0.25, 0.3) is 0 Å². The fourth-order valence-corrected chi connectivity index (χ4v) is 5.39. The van der Waals surface area contributed by atoms with Crippen LogP contribution in [0.4, 0.5) is 4.79 Å². The molecule has 0 aromatic heterocycles. The summed E-state index contributed by atoms with van der Waals surface area (Å²) < 4.78 is 28.0. The number of halogens is 2. The third-order valence-corrected chi connectivity index (χ3v) is 7.76. The Bertz CT molecular complexity index is 1790. The Morgan fingerprint density at radius 1 is 1.00 bits per heavy atom. The fourth-order valence-electron chi connectivity index (χ4n) is 4.93. The summed E-state index contributed by atoms with van der Waals surface area (Å²) in [6.07, 6.45) is 3.68. The number of hydrogen-bond acceptors (Lipinski definition) is 9. The summed E-state index contributed by atoms with van der Waals surface area (Å²) in [6.45, 7) is 7.13. The first-order valence-corrected chi connectivity index (χ1v) is 15.8. The molecule has 258 valence electrons. The smallest absolute Gasteiger partial charge is 0.338 e. The highest BCUT2D eigenvalue weighted by molar-refractivity contribution is 6.35. The van der Waals surface area contributed by atoms with Crippen LogP contribution in [0.15, 0.2) is 77.6 Å². The van der Waals surface area contributed by atoms with Gasteiger partial charge in [0.05, 0.1) is 38.7 Å². The number of carbonyl (C=O) groups is 3. The molecule has 1 aliphatic heterocycles. The lowest BCUT2D eigenvalue weighted by molar-refractivity contribution is -0.139. The molecule has 3 aromatic rings. The number of esters is 1. The summed E-state index contributed by atoms with van der Waals surface area (Å²) in [5, 5.41) is 10.4. The Balaban J connectivity index is 1.42. The molecule has 0 spiro atoms. The zero-order valence-electron chi connectivity index (χ0n) is 27.4. The molecule has 3 aromatic carbocycles. The fraction of sp³-hybridized carbons (Fsp3) is 0.257. The molecule has 1 aliphatic rings. The molecular formula is C35H36Cl2N4O8. The van der Waals surface area contributed by atoms with Gasteiger partial charge in [0, 0.05) is 26.9 Å². The van der Waals surface area contributed by atoms with Crippen molar-refractivity contribution in [1.82, 2.24) is 16.1 Å². The first-order chi connectivity index (χ1) is 23.6. The van der Waals surface area contributed by atoms with E-state index in [0.29, 0.717) is 44.8 Å². The molecule has 0 unspecified atom stereocenters. The number of ether oxygens (including phenoxy) is 5. The Kier molecular flexibility index (Phi) is 12.9.